The van der Waals surface area contributed by atoms with Gasteiger partial charge in [0, 0.05) is 32.4 Å². The SMILES string of the molecule is CN1CCN(c2ccc3ncc(C(O)Nc4ccncn4)n3n2)CC1. The minimum absolute atomic E-state index is 0.535. The summed E-state index contributed by atoms with van der Waals surface area (Å²) < 4.78 is 1.67. The first-order valence-corrected chi connectivity index (χ1v) is 8.19. The molecule has 2 N–H and O–H groups in total. The molecule has 130 valence electrons. The summed E-state index contributed by atoms with van der Waals surface area (Å²) in [4.78, 5) is 16.8. The quantitative estimate of drug-likeness (QED) is 0.658. The molecule has 3 aromatic heterocycles. The monoisotopic (exact) mass is 340 g/mol. The van der Waals surface area contributed by atoms with E-state index in [0.717, 1.165) is 32.0 Å². The topological polar surface area (TPSA) is 94.7 Å². The van der Waals surface area contributed by atoms with Crippen molar-refractivity contribution in [3.05, 3.63) is 42.6 Å². The van der Waals surface area contributed by atoms with Crippen LogP contribution in [0.1, 0.15) is 11.9 Å². The van der Waals surface area contributed by atoms with Gasteiger partial charge >= 0.3 is 0 Å². The molecule has 0 aliphatic carbocycles. The van der Waals surface area contributed by atoms with Crippen molar-refractivity contribution in [1.29, 1.82) is 0 Å². The van der Waals surface area contributed by atoms with E-state index < -0.39 is 6.23 Å². The number of hydrogen-bond acceptors (Lipinski definition) is 8. The largest absolute Gasteiger partial charge is 0.368 e. The lowest BCUT2D eigenvalue weighted by Gasteiger charge is -2.33. The van der Waals surface area contributed by atoms with Gasteiger partial charge in [-0.25, -0.2) is 19.5 Å². The van der Waals surface area contributed by atoms with Crippen LogP contribution < -0.4 is 10.2 Å². The summed E-state index contributed by atoms with van der Waals surface area (Å²) in [5.41, 5.74) is 1.25. The number of aliphatic hydroxyl groups excluding tert-OH is 1. The van der Waals surface area contributed by atoms with Gasteiger partial charge in [0.25, 0.3) is 0 Å². The molecule has 9 heteroatoms. The molecule has 9 nitrogen and oxygen atoms in total. The van der Waals surface area contributed by atoms with Crippen molar-refractivity contribution in [1.82, 2.24) is 29.5 Å². The fourth-order valence-electron chi connectivity index (χ4n) is 2.86. The van der Waals surface area contributed by atoms with Gasteiger partial charge < -0.3 is 20.2 Å². The Bertz CT molecular complexity index is 844. The Morgan fingerprint density at radius 3 is 2.72 bits per heavy atom. The summed E-state index contributed by atoms with van der Waals surface area (Å²) >= 11 is 0. The number of rotatable bonds is 4. The van der Waals surface area contributed by atoms with Crippen LogP contribution in [0.25, 0.3) is 5.65 Å². The molecule has 25 heavy (non-hydrogen) atoms. The van der Waals surface area contributed by atoms with Crippen LogP contribution in [-0.2, 0) is 0 Å². The van der Waals surface area contributed by atoms with E-state index in [1.165, 1.54) is 6.33 Å². The summed E-state index contributed by atoms with van der Waals surface area (Å²) in [6, 6.07) is 5.58. The van der Waals surface area contributed by atoms with E-state index in [2.05, 4.69) is 42.2 Å². The first-order valence-electron chi connectivity index (χ1n) is 8.19. The molecule has 0 spiro atoms. The van der Waals surface area contributed by atoms with E-state index in [4.69, 9.17) is 0 Å². The molecule has 0 aromatic carbocycles. The maximum Gasteiger partial charge on any atom is 0.170 e. The fourth-order valence-corrected chi connectivity index (χ4v) is 2.86. The number of nitrogens with zero attached hydrogens (tertiary/aromatic N) is 7. The molecule has 1 aliphatic heterocycles. The lowest BCUT2D eigenvalue weighted by molar-refractivity contribution is 0.200. The molecule has 0 bridgehead atoms. The third-order valence-corrected chi connectivity index (χ3v) is 4.35. The van der Waals surface area contributed by atoms with Crippen LogP contribution in [0.3, 0.4) is 0 Å². The van der Waals surface area contributed by atoms with Crippen molar-refractivity contribution in [3.63, 3.8) is 0 Å². The van der Waals surface area contributed by atoms with Gasteiger partial charge in [0.2, 0.25) is 0 Å². The van der Waals surface area contributed by atoms with Gasteiger partial charge in [-0.05, 0) is 25.2 Å². The van der Waals surface area contributed by atoms with Crippen molar-refractivity contribution in [3.8, 4) is 0 Å². The third-order valence-electron chi connectivity index (χ3n) is 4.35. The molecule has 3 aromatic rings. The summed E-state index contributed by atoms with van der Waals surface area (Å²) in [5.74, 6) is 1.42. The highest BCUT2D eigenvalue weighted by Crippen LogP contribution is 2.19. The normalized spacial score (nSPS) is 17.0. The van der Waals surface area contributed by atoms with Gasteiger partial charge in [0.05, 0.1) is 6.20 Å². The second kappa shape index (κ2) is 6.61. The molecule has 1 fully saturated rings. The third kappa shape index (κ3) is 3.24. The predicted octanol–water partition coefficient (Wildman–Crippen LogP) is 0.374. The van der Waals surface area contributed by atoms with Crippen molar-refractivity contribution < 1.29 is 5.11 Å². The Kier molecular flexibility index (Phi) is 4.16. The number of nitrogens with one attached hydrogen (secondary N) is 1. The number of hydrogen-bond donors (Lipinski definition) is 2. The van der Waals surface area contributed by atoms with Crippen molar-refractivity contribution in [2.45, 2.75) is 6.23 Å². The van der Waals surface area contributed by atoms with Crippen LogP contribution in [-0.4, -0.2) is 67.8 Å². The summed E-state index contributed by atoms with van der Waals surface area (Å²) in [6.45, 7) is 3.88. The van der Waals surface area contributed by atoms with Crippen LogP contribution in [0, 0.1) is 0 Å². The fraction of sp³-hybridized carbons (Fsp3) is 0.375. The zero-order chi connectivity index (χ0) is 17.2. The maximum atomic E-state index is 10.5. The molecule has 0 saturated carbocycles. The second-order valence-corrected chi connectivity index (χ2v) is 6.08. The zero-order valence-electron chi connectivity index (χ0n) is 13.9. The Hall–Kier alpha value is -2.78. The smallest absolute Gasteiger partial charge is 0.170 e. The van der Waals surface area contributed by atoms with Gasteiger partial charge in [-0.2, -0.15) is 0 Å². The summed E-state index contributed by atoms with van der Waals surface area (Å²) in [6.07, 6.45) is 3.68. The van der Waals surface area contributed by atoms with E-state index in [9.17, 15) is 5.11 Å². The molecule has 0 amide bonds. The second-order valence-electron chi connectivity index (χ2n) is 6.08. The van der Waals surface area contributed by atoms with Gasteiger partial charge in [-0.3, -0.25) is 0 Å². The Morgan fingerprint density at radius 2 is 1.96 bits per heavy atom. The average molecular weight is 340 g/mol. The highest BCUT2D eigenvalue weighted by molar-refractivity contribution is 5.48. The van der Waals surface area contributed by atoms with E-state index in [1.54, 1.807) is 23.0 Å². The summed E-state index contributed by atoms with van der Waals surface area (Å²) in [7, 11) is 2.12. The van der Waals surface area contributed by atoms with Crippen molar-refractivity contribution >= 4 is 17.3 Å². The molecule has 1 aliphatic rings. The number of aliphatic hydroxyl groups is 1. The molecular formula is C16H20N8O. The van der Waals surface area contributed by atoms with Gasteiger partial charge in [0.15, 0.2) is 11.9 Å². The number of aromatic nitrogens is 5. The number of likely N-dealkylation sites (N-methyl/N-ethyl adjacent to an activating group) is 1. The van der Waals surface area contributed by atoms with Crippen LogP contribution in [0.5, 0.6) is 0 Å². The molecule has 1 saturated heterocycles. The molecule has 4 heterocycles. The molecule has 0 radical (unpaired) electrons. The maximum absolute atomic E-state index is 10.5. The van der Waals surface area contributed by atoms with Gasteiger partial charge in [0.1, 0.15) is 23.7 Å². The molecular weight excluding hydrogens is 320 g/mol. The highest BCUT2D eigenvalue weighted by atomic mass is 16.3. The number of imidazole rings is 1. The van der Waals surface area contributed by atoms with Crippen LogP contribution in [0.4, 0.5) is 11.6 Å². The van der Waals surface area contributed by atoms with E-state index in [1.807, 2.05) is 12.1 Å². The number of anilines is 2. The lowest BCUT2D eigenvalue weighted by Crippen LogP contribution is -2.45. The zero-order valence-corrected chi connectivity index (χ0v) is 13.9. The molecule has 1 atom stereocenters. The first-order chi connectivity index (χ1) is 12.2. The summed E-state index contributed by atoms with van der Waals surface area (Å²) in [5, 5.41) is 18.1. The Labute approximate surface area is 145 Å². The first kappa shape index (κ1) is 15.7. The molecule has 1 unspecified atom stereocenters. The minimum atomic E-state index is -0.972. The predicted molar refractivity (Wildman–Crippen MR) is 93.3 cm³/mol. The standard InChI is InChI=1S/C16H20N8O/c1-22-6-8-23(9-7-22)15-3-2-14-18-10-12(24(14)21-15)16(25)20-13-4-5-17-11-19-13/h2-5,10-11,16,25H,6-9H2,1H3,(H,17,19,20). The minimum Gasteiger partial charge on any atom is -0.368 e. The lowest BCUT2D eigenvalue weighted by atomic mass is 10.3. The van der Waals surface area contributed by atoms with Crippen molar-refractivity contribution in [2.75, 3.05) is 43.4 Å². The van der Waals surface area contributed by atoms with Gasteiger partial charge in [-0.1, -0.05) is 0 Å². The number of piperazine rings is 1. The number of fused-ring (bicyclic) bond motifs is 1. The van der Waals surface area contributed by atoms with Crippen LogP contribution in [0.15, 0.2) is 36.9 Å². The van der Waals surface area contributed by atoms with E-state index >= 15 is 0 Å². The average Bonchev–Trinajstić information content (AvgIpc) is 3.06. The van der Waals surface area contributed by atoms with Crippen molar-refractivity contribution in [2.24, 2.45) is 0 Å². The van der Waals surface area contributed by atoms with Crippen LogP contribution >= 0.6 is 0 Å². The van der Waals surface area contributed by atoms with E-state index in [-0.39, 0.29) is 0 Å². The Balaban J connectivity index is 1.60. The van der Waals surface area contributed by atoms with Crippen LogP contribution in [0.2, 0.25) is 0 Å². The highest BCUT2D eigenvalue weighted by Gasteiger charge is 2.18. The Morgan fingerprint density at radius 1 is 1.12 bits per heavy atom. The van der Waals surface area contributed by atoms with E-state index in [0.29, 0.717) is 17.2 Å². The van der Waals surface area contributed by atoms with Gasteiger partial charge in [-0.15, -0.1) is 5.10 Å². The molecule has 4 rings (SSSR count).